The van der Waals surface area contributed by atoms with Crippen molar-refractivity contribution in [3.05, 3.63) is 41.5 Å². The van der Waals surface area contributed by atoms with Crippen LogP contribution < -0.4 is 17.0 Å². The van der Waals surface area contributed by atoms with Crippen LogP contribution in [0, 0.1) is 0 Å². The van der Waals surface area contributed by atoms with Gasteiger partial charge in [-0.1, -0.05) is 6.58 Å². The number of nitrogen functional groups attached to an aromatic ring is 2. The fourth-order valence-corrected chi connectivity index (χ4v) is 6.20. The van der Waals surface area contributed by atoms with Gasteiger partial charge in [0.05, 0.1) is 25.9 Å². The first-order valence-corrected chi connectivity index (χ1v) is 15.8. The van der Waals surface area contributed by atoms with Gasteiger partial charge in [-0.25, -0.2) is 29.1 Å². The highest BCUT2D eigenvalue weighted by molar-refractivity contribution is 7.47. The molecule has 2 aliphatic rings. The van der Waals surface area contributed by atoms with Gasteiger partial charge in [-0.2, -0.15) is 4.98 Å². The molecule has 0 amide bonds. The monoisotopic (exact) mass is 656 g/mol. The van der Waals surface area contributed by atoms with Gasteiger partial charge >= 0.3 is 15.6 Å². The molecule has 4 aromatic rings. The smallest absolute Gasteiger partial charge is 0.382 e. The molecule has 0 aliphatic carbocycles. The highest BCUT2D eigenvalue weighted by Gasteiger charge is 2.44. The number of imidazole rings is 2. The molecule has 6 heterocycles. The first-order valence-electron chi connectivity index (χ1n) is 12.8. The van der Waals surface area contributed by atoms with E-state index in [1.54, 1.807) is 0 Å². The summed E-state index contributed by atoms with van der Waals surface area (Å²) in [5.74, 6) is 0.00278. The second-order valence-electron chi connectivity index (χ2n) is 9.86. The second kappa shape index (κ2) is 11.4. The molecule has 0 spiro atoms. The van der Waals surface area contributed by atoms with E-state index >= 15 is 0 Å². The number of ether oxygens (including phenoxy) is 2. The average Bonchev–Trinajstić information content (AvgIpc) is 3.71. The van der Waals surface area contributed by atoms with E-state index in [4.69, 9.17) is 30.0 Å². The Kier molecular flexibility index (Phi) is 7.87. The maximum absolute atomic E-state index is 13.0. The molecule has 4 aromatic heterocycles. The van der Waals surface area contributed by atoms with Crippen molar-refractivity contribution in [3.63, 3.8) is 0 Å². The Morgan fingerprint density at radius 1 is 1.00 bits per heavy atom. The van der Waals surface area contributed by atoms with Gasteiger partial charge in [-0.15, -0.1) is 0 Å². The molecule has 1 unspecified atom stereocenters. The number of H-pyrrole nitrogens is 1. The normalized spacial score (nSPS) is 25.7. The SMILES string of the molecule is C=C1C[C@H](n2cnc3c(=O)[nH]c(N)nc32)O[C@@H]1COP(=O)(O)O[C@H]1C[C@H](n2cnc3c(N)ncnc32)O[C@@H]1COP(=O)(O)O. The summed E-state index contributed by atoms with van der Waals surface area (Å²) < 4.78 is 54.3. The Labute approximate surface area is 245 Å². The van der Waals surface area contributed by atoms with Gasteiger partial charge in [-0.3, -0.25) is 32.5 Å². The Morgan fingerprint density at radius 2 is 1.73 bits per heavy atom. The fraction of sp³-hybridized carbons (Fsp3) is 0.429. The van der Waals surface area contributed by atoms with Crippen LogP contribution in [0.2, 0.25) is 0 Å². The topological polar surface area (TPSA) is 300 Å². The van der Waals surface area contributed by atoms with Crippen LogP contribution in [0.1, 0.15) is 25.3 Å². The van der Waals surface area contributed by atoms with Crippen molar-refractivity contribution in [3.8, 4) is 0 Å². The molecule has 21 nitrogen and oxygen atoms in total. The zero-order valence-corrected chi connectivity index (χ0v) is 24.2. The Balaban J connectivity index is 1.14. The molecule has 23 heteroatoms. The maximum Gasteiger partial charge on any atom is 0.472 e. The van der Waals surface area contributed by atoms with Crippen molar-refractivity contribution in [2.75, 3.05) is 24.7 Å². The summed E-state index contributed by atoms with van der Waals surface area (Å²) in [7, 11) is -9.75. The molecular weight excluding hydrogens is 630 g/mol. The standard InChI is InChI=1S/C21H26N10O11P2/c1-9-2-13(31-8-27-16-19(31)28-21(23)29-20(16)32)40-11(9)4-39-44(36,37)42-10-3-14(41-12(10)5-38-43(33,34)35)30-7-26-15-17(22)24-6-25-18(15)30/h6-8,10-14H,1-5H2,(H,36,37)(H2,22,24,25)(H2,33,34,35)(H3,23,28,29,32)/t10-,11+,12+,13+,14+/m0/s1. The Morgan fingerprint density at radius 3 is 2.48 bits per heavy atom. The van der Waals surface area contributed by atoms with E-state index in [1.807, 2.05) is 0 Å². The third-order valence-corrected chi connectivity index (χ3v) is 8.41. The number of aromatic amines is 1. The number of aromatic nitrogens is 8. The molecule has 44 heavy (non-hydrogen) atoms. The van der Waals surface area contributed by atoms with Crippen LogP contribution in [-0.2, 0) is 32.2 Å². The lowest BCUT2D eigenvalue weighted by molar-refractivity contribution is -0.0465. The van der Waals surface area contributed by atoms with Gasteiger partial charge in [0.15, 0.2) is 22.6 Å². The molecule has 2 saturated heterocycles. The van der Waals surface area contributed by atoms with Crippen LogP contribution in [0.4, 0.5) is 11.8 Å². The lowest BCUT2D eigenvalue weighted by Gasteiger charge is -2.22. The first kappa shape index (κ1) is 30.4. The summed E-state index contributed by atoms with van der Waals surface area (Å²) in [6.07, 6.45) is -0.821. The summed E-state index contributed by atoms with van der Waals surface area (Å²) in [5.41, 5.74) is 12.3. The minimum atomic E-state index is -4.92. The highest BCUT2D eigenvalue weighted by Crippen LogP contribution is 2.50. The van der Waals surface area contributed by atoms with E-state index in [0.29, 0.717) is 11.2 Å². The van der Waals surface area contributed by atoms with Crippen LogP contribution in [0.3, 0.4) is 0 Å². The average molecular weight is 656 g/mol. The minimum absolute atomic E-state index is 0.0512. The summed E-state index contributed by atoms with van der Waals surface area (Å²) in [4.78, 5) is 63.7. The van der Waals surface area contributed by atoms with Crippen LogP contribution in [-0.4, -0.2) is 85.2 Å². The van der Waals surface area contributed by atoms with Gasteiger partial charge in [0.1, 0.15) is 42.6 Å². The number of fused-ring (bicyclic) bond motifs is 2. The van der Waals surface area contributed by atoms with Crippen molar-refractivity contribution in [2.45, 2.75) is 43.6 Å². The third kappa shape index (κ3) is 6.15. The van der Waals surface area contributed by atoms with Crippen molar-refractivity contribution in [2.24, 2.45) is 0 Å². The van der Waals surface area contributed by atoms with Crippen molar-refractivity contribution >= 4 is 49.7 Å². The second-order valence-corrected chi connectivity index (χ2v) is 12.5. The van der Waals surface area contributed by atoms with E-state index in [1.165, 1.54) is 28.1 Å². The van der Waals surface area contributed by atoms with E-state index < -0.39 is 65.2 Å². The van der Waals surface area contributed by atoms with Gasteiger partial charge in [0.25, 0.3) is 5.56 Å². The summed E-state index contributed by atoms with van der Waals surface area (Å²) >= 11 is 0. The van der Waals surface area contributed by atoms with E-state index in [0.717, 1.165) is 0 Å². The molecule has 0 radical (unpaired) electrons. The minimum Gasteiger partial charge on any atom is -0.382 e. The fourth-order valence-electron chi connectivity index (χ4n) is 4.91. The molecule has 236 valence electrons. The van der Waals surface area contributed by atoms with Gasteiger partial charge in [-0.05, 0) is 5.57 Å². The van der Waals surface area contributed by atoms with E-state index in [-0.39, 0.29) is 41.3 Å². The zero-order chi connectivity index (χ0) is 31.4. The van der Waals surface area contributed by atoms with E-state index in [2.05, 4.69) is 41.0 Å². The number of phosphoric acid groups is 2. The van der Waals surface area contributed by atoms with Crippen molar-refractivity contribution < 1.29 is 46.9 Å². The number of hydrogen-bond acceptors (Lipinski definition) is 15. The molecule has 2 aliphatic heterocycles. The largest absolute Gasteiger partial charge is 0.472 e. The number of nitrogens with zero attached hydrogens (tertiary/aromatic N) is 7. The quantitative estimate of drug-likeness (QED) is 0.0956. The van der Waals surface area contributed by atoms with Crippen LogP contribution in [0.15, 0.2) is 35.9 Å². The molecule has 6 atom stereocenters. The molecule has 2 fully saturated rings. The van der Waals surface area contributed by atoms with Gasteiger partial charge < -0.3 is 35.6 Å². The summed E-state index contributed by atoms with van der Waals surface area (Å²) in [5, 5.41) is 0. The van der Waals surface area contributed by atoms with Crippen molar-refractivity contribution in [1.29, 1.82) is 0 Å². The number of phosphoric ester groups is 2. The first-order chi connectivity index (χ1) is 20.8. The van der Waals surface area contributed by atoms with Crippen LogP contribution >= 0.6 is 15.6 Å². The van der Waals surface area contributed by atoms with Gasteiger partial charge in [0, 0.05) is 12.8 Å². The van der Waals surface area contributed by atoms with Crippen LogP contribution in [0.25, 0.3) is 22.3 Å². The summed E-state index contributed by atoms with van der Waals surface area (Å²) in [6.45, 7) is 2.81. The molecule has 0 bridgehead atoms. The number of nitrogens with one attached hydrogen (secondary N) is 1. The van der Waals surface area contributed by atoms with Crippen molar-refractivity contribution in [1.82, 2.24) is 39.0 Å². The molecule has 6 rings (SSSR count). The van der Waals surface area contributed by atoms with Gasteiger partial charge in [0.2, 0.25) is 5.95 Å². The predicted octanol–water partition coefficient (Wildman–Crippen LogP) is -0.133. The lowest BCUT2D eigenvalue weighted by atomic mass is 10.1. The number of anilines is 2. The maximum atomic E-state index is 13.0. The molecular formula is C21H26N10O11P2. The van der Waals surface area contributed by atoms with Crippen LogP contribution in [0.5, 0.6) is 0 Å². The predicted molar refractivity (Wildman–Crippen MR) is 147 cm³/mol. The molecule has 0 saturated carbocycles. The zero-order valence-electron chi connectivity index (χ0n) is 22.4. The van der Waals surface area contributed by atoms with E-state index in [9.17, 15) is 28.6 Å². The number of hydrogen-bond donors (Lipinski definition) is 6. The number of rotatable bonds is 10. The molecule has 0 aromatic carbocycles. The highest BCUT2D eigenvalue weighted by atomic mass is 31.2. The Hall–Kier alpha value is -3.62. The molecule has 8 N–H and O–H groups in total. The Bertz CT molecular complexity index is 1890. The lowest BCUT2D eigenvalue weighted by Crippen LogP contribution is -2.28. The third-order valence-electron chi connectivity index (χ3n) is 6.92. The summed E-state index contributed by atoms with van der Waals surface area (Å²) in [6, 6.07) is 0. The number of nitrogens with two attached hydrogens (primary N) is 2.